The number of likely N-dealkylation sites (tertiary alicyclic amines) is 1. The summed E-state index contributed by atoms with van der Waals surface area (Å²) in [4.78, 5) is 5.47. The van der Waals surface area contributed by atoms with Gasteiger partial charge >= 0.3 is 0 Å². The number of hydrogen-bond donors (Lipinski definition) is 2. The number of nitrogens with zero attached hydrogens (tertiary/aromatic N) is 1. The summed E-state index contributed by atoms with van der Waals surface area (Å²) in [5.41, 5.74) is 3.50. The number of aryl methyl sites for hydroxylation is 1. The number of rotatable bonds is 2. The fraction of sp³-hybridized carbons (Fsp3) is 0.417. The molecule has 0 bridgehead atoms. The number of aromatic nitrogens is 1. The van der Waals surface area contributed by atoms with Crippen molar-refractivity contribution in [3.63, 3.8) is 0 Å². The molecule has 1 aromatic heterocycles. The van der Waals surface area contributed by atoms with Gasteiger partial charge in [0.15, 0.2) is 23.3 Å². The molecule has 0 aliphatic carbocycles. The summed E-state index contributed by atoms with van der Waals surface area (Å²) in [5, 5.41) is 4.93. The van der Waals surface area contributed by atoms with Crippen LogP contribution in [0.1, 0.15) is 40.8 Å². The van der Waals surface area contributed by atoms with Gasteiger partial charge in [-0.1, -0.05) is 11.6 Å². The highest BCUT2D eigenvalue weighted by Gasteiger charge is 2.41. The topological polar surface area (TPSA) is 31.1 Å². The zero-order valence-electron chi connectivity index (χ0n) is 17.6. The maximum atomic E-state index is 14.3. The quantitative estimate of drug-likeness (QED) is 0.443. The normalized spacial score (nSPS) is 18.6. The molecule has 2 aliphatic rings. The molecule has 164 valence electrons. The number of H-pyrrole nitrogens is 1. The Morgan fingerprint density at radius 3 is 2.32 bits per heavy atom. The molecule has 3 nitrogen and oxygen atoms in total. The number of benzene rings is 2. The first-order valence-electron chi connectivity index (χ1n) is 10.7. The van der Waals surface area contributed by atoms with Crippen molar-refractivity contribution in [2.24, 2.45) is 0 Å². The van der Waals surface area contributed by atoms with Gasteiger partial charge in [-0.15, -0.1) is 0 Å². The largest absolute Gasteiger partial charge is 0.357 e. The summed E-state index contributed by atoms with van der Waals surface area (Å²) in [5.74, 6) is -5.20. The molecule has 3 aromatic rings. The van der Waals surface area contributed by atoms with Crippen molar-refractivity contribution in [3.8, 4) is 0 Å². The zero-order chi connectivity index (χ0) is 21.9. The Balaban J connectivity index is 1.40. The predicted molar refractivity (Wildman–Crippen MR) is 112 cm³/mol. The molecule has 2 aliphatic heterocycles. The molecule has 7 heteroatoms. The number of fused-ring (bicyclic) bond motifs is 4. The number of aromatic amines is 1. The van der Waals surface area contributed by atoms with Crippen LogP contribution in [0.3, 0.4) is 0 Å². The molecule has 0 amide bonds. The van der Waals surface area contributed by atoms with Crippen molar-refractivity contribution in [1.82, 2.24) is 15.2 Å². The maximum Gasteiger partial charge on any atom is 0.166 e. The van der Waals surface area contributed by atoms with Crippen LogP contribution in [0.15, 0.2) is 18.2 Å². The molecule has 0 unspecified atom stereocenters. The highest BCUT2D eigenvalue weighted by atomic mass is 19.2. The molecule has 1 fully saturated rings. The van der Waals surface area contributed by atoms with Gasteiger partial charge in [-0.3, -0.25) is 4.90 Å². The number of nitrogens with one attached hydrogen (secondary N) is 2. The molecule has 0 radical (unpaired) electrons. The van der Waals surface area contributed by atoms with Gasteiger partial charge in [-0.05, 0) is 50.8 Å². The third-order valence-electron chi connectivity index (χ3n) is 7.04. The Morgan fingerprint density at radius 2 is 1.65 bits per heavy atom. The first kappa shape index (κ1) is 20.5. The Morgan fingerprint density at radius 1 is 0.968 bits per heavy atom. The second-order valence-electron chi connectivity index (χ2n) is 8.92. The Hall–Kier alpha value is -2.38. The molecule has 0 saturated carbocycles. The minimum atomic E-state index is -1.31. The van der Waals surface area contributed by atoms with Crippen LogP contribution in [0.2, 0.25) is 0 Å². The second kappa shape index (κ2) is 7.35. The van der Waals surface area contributed by atoms with E-state index in [4.69, 9.17) is 0 Å². The van der Waals surface area contributed by atoms with Crippen molar-refractivity contribution in [2.45, 2.75) is 45.2 Å². The molecule has 0 atom stereocenters. The van der Waals surface area contributed by atoms with Crippen LogP contribution in [-0.4, -0.2) is 29.5 Å². The van der Waals surface area contributed by atoms with Crippen molar-refractivity contribution >= 4 is 10.9 Å². The van der Waals surface area contributed by atoms with Gasteiger partial charge in [0, 0.05) is 53.9 Å². The van der Waals surface area contributed by atoms with Crippen molar-refractivity contribution in [1.29, 1.82) is 0 Å². The van der Waals surface area contributed by atoms with Crippen molar-refractivity contribution in [3.05, 3.63) is 69.4 Å². The molecule has 5 rings (SSSR count). The van der Waals surface area contributed by atoms with Crippen molar-refractivity contribution < 1.29 is 17.6 Å². The third-order valence-corrected chi connectivity index (χ3v) is 7.04. The van der Waals surface area contributed by atoms with Crippen LogP contribution < -0.4 is 5.32 Å². The monoisotopic (exact) mass is 431 g/mol. The Bertz CT molecular complexity index is 1150. The summed E-state index contributed by atoms with van der Waals surface area (Å²) in [6, 6.07) is 6.42. The van der Waals surface area contributed by atoms with Crippen LogP contribution in [0.25, 0.3) is 10.9 Å². The van der Waals surface area contributed by atoms with E-state index in [1.807, 2.05) is 4.90 Å². The van der Waals surface area contributed by atoms with Gasteiger partial charge in [0.1, 0.15) is 0 Å². The van der Waals surface area contributed by atoms with Gasteiger partial charge in [-0.2, -0.15) is 0 Å². The van der Waals surface area contributed by atoms with Crippen LogP contribution in [0.4, 0.5) is 17.6 Å². The van der Waals surface area contributed by atoms with E-state index >= 15 is 0 Å². The van der Waals surface area contributed by atoms with E-state index in [0.29, 0.717) is 13.1 Å². The van der Waals surface area contributed by atoms with E-state index in [-0.39, 0.29) is 12.1 Å². The Kier molecular flexibility index (Phi) is 4.86. The molecule has 31 heavy (non-hydrogen) atoms. The molecule has 1 spiro atoms. The van der Waals surface area contributed by atoms with E-state index in [2.05, 4.69) is 35.4 Å². The lowest BCUT2D eigenvalue weighted by Gasteiger charge is -2.45. The zero-order valence-corrected chi connectivity index (χ0v) is 17.6. The number of piperidine rings is 1. The average Bonchev–Trinajstić information content (AvgIpc) is 3.15. The van der Waals surface area contributed by atoms with Crippen LogP contribution in [-0.2, 0) is 18.5 Å². The smallest absolute Gasteiger partial charge is 0.166 e. The first-order chi connectivity index (χ1) is 14.8. The average molecular weight is 431 g/mol. The second-order valence-corrected chi connectivity index (χ2v) is 8.92. The van der Waals surface area contributed by atoms with Gasteiger partial charge in [0.05, 0.1) is 5.54 Å². The van der Waals surface area contributed by atoms with Crippen LogP contribution in [0, 0.1) is 37.1 Å². The lowest BCUT2D eigenvalue weighted by Crippen LogP contribution is -2.54. The molecule has 1 saturated heterocycles. The molecular formula is C24H25F4N3. The number of halogens is 4. The summed E-state index contributed by atoms with van der Waals surface area (Å²) >= 11 is 0. The summed E-state index contributed by atoms with van der Waals surface area (Å²) in [7, 11) is 0. The molecule has 2 N–H and O–H groups in total. The fourth-order valence-electron chi connectivity index (χ4n) is 5.21. The van der Waals surface area contributed by atoms with Gasteiger partial charge in [0.2, 0.25) is 0 Å². The molecular weight excluding hydrogens is 406 g/mol. The minimum absolute atomic E-state index is 0.152. The summed E-state index contributed by atoms with van der Waals surface area (Å²) in [6.07, 6.45) is 2.43. The molecule has 2 aromatic carbocycles. The van der Waals surface area contributed by atoms with E-state index in [9.17, 15) is 17.6 Å². The van der Waals surface area contributed by atoms with E-state index in [1.165, 1.54) is 22.2 Å². The Labute approximate surface area is 178 Å². The lowest BCUT2D eigenvalue weighted by molar-refractivity contribution is 0.119. The SMILES string of the molecule is Cc1ccc2[nH]c3c(c2c1)CCNC31CCN(Cc2c(F)c(F)c(C)c(F)c2F)CC1. The van der Waals surface area contributed by atoms with Gasteiger partial charge in [0.25, 0.3) is 0 Å². The van der Waals surface area contributed by atoms with Crippen LogP contribution in [0.5, 0.6) is 0 Å². The molecule has 3 heterocycles. The van der Waals surface area contributed by atoms with Gasteiger partial charge < -0.3 is 10.3 Å². The fourth-order valence-corrected chi connectivity index (χ4v) is 5.21. The third kappa shape index (κ3) is 3.17. The van der Waals surface area contributed by atoms with E-state index in [1.54, 1.807) is 0 Å². The highest BCUT2D eigenvalue weighted by Crippen LogP contribution is 2.40. The van der Waals surface area contributed by atoms with Crippen LogP contribution >= 0.6 is 0 Å². The minimum Gasteiger partial charge on any atom is -0.357 e. The predicted octanol–water partition coefficient (Wildman–Crippen LogP) is 4.98. The first-order valence-corrected chi connectivity index (χ1v) is 10.7. The van der Waals surface area contributed by atoms with Crippen molar-refractivity contribution in [2.75, 3.05) is 19.6 Å². The van der Waals surface area contributed by atoms with E-state index in [0.717, 1.165) is 38.2 Å². The van der Waals surface area contributed by atoms with Gasteiger partial charge in [-0.25, -0.2) is 17.6 Å². The van der Waals surface area contributed by atoms with E-state index < -0.39 is 34.4 Å². The lowest BCUT2D eigenvalue weighted by atomic mass is 9.79. The number of hydrogen-bond acceptors (Lipinski definition) is 2. The summed E-state index contributed by atoms with van der Waals surface area (Å²) < 4.78 is 56.6. The summed E-state index contributed by atoms with van der Waals surface area (Å²) in [6.45, 7) is 4.97. The maximum absolute atomic E-state index is 14.3. The standard InChI is InChI=1S/C24H25F4N3/c1-13-3-4-18-16(11-13)15-5-8-29-24(23(15)30-18)6-9-31(10-7-24)12-17-21(27)19(25)14(2)20(26)22(17)28/h3-4,11,29-30H,5-10,12H2,1-2H3. The highest BCUT2D eigenvalue weighted by molar-refractivity contribution is 5.86.